The maximum atomic E-state index is 5.89. The predicted molar refractivity (Wildman–Crippen MR) is 140 cm³/mol. The third kappa shape index (κ3) is 12.2. The Hall–Kier alpha value is -1.17. The molecular formula is C24H44N2O4Si2. The average Bonchev–Trinajstić information content (AvgIpc) is 2.75. The molecule has 0 aromatic heterocycles. The van der Waals surface area contributed by atoms with Gasteiger partial charge in [0.1, 0.15) is 0 Å². The first-order valence-corrected chi connectivity index (χ1v) is 17.1. The van der Waals surface area contributed by atoms with E-state index in [0.29, 0.717) is 19.8 Å². The fourth-order valence-corrected chi connectivity index (χ4v) is 7.98. The van der Waals surface area contributed by atoms with Crippen LogP contribution in [0.4, 0.5) is 0 Å². The highest BCUT2D eigenvalue weighted by Crippen LogP contribution is 2.18. The van der Waals surface area contributed by atoms with Gasteiger partial charge in [0.05, 0.1) is 0 Å². The van der Waals surface area contributed by atoms with Crippen LogP contribution in [0.2, 0.25) is 25.2 Å². The molecule has 0 aliphatic heterocycles. The van der Waals surface area contributed by atoms with Crippen LogP contribution in [0, 0.1) is 0 Å². The highest BCUT2D eigenvalue weighted by atomic mass is 28.4. The summed E-state index contributed by atoms with van der Waals surface area (Å²) in [5.74, 6) is 0. The Kier molecular flexibility index (Phi) is 14.8. The molecule has 0 unspecified atom stereocenters. The molecule has 32 heavy (non-hydrogen) atoms. The first-order valence-electron chi connectivity index (χ1n) is 12.1. The Bertz CT molecular complexity index is 649. The van der Waals surface area contributed by atoms with Gasteiger partial charge in [-0.3, -0.25) is 9.98 Å². The highest BCUT2D eigenvalue weighted by molar-refractivity contribution is 6.71. The van der Waals surface area contributed by atoms with Crippen LogP contribution in [0.3, 0.4) is 0 Å². The van der Waals surface area contributed by atoms with Gasteiger partial charge >= 0.3 is 8.80 Å². The Morgan fingerprint density at radius 3 is 1.47 bits per heavy atom. The van der Waals surface area contributed by atoms with E-state index >= 15 is 0 Å². The van der Waals surface area contributed by atoms with E-state index in [1.807, 2.05) is 33.2 Å². The lowest BCUT2D eigenvalue weighted by Crippen LogP contribution is -2.46. The maximum absolute atomic E-state index is 5.89. The fourth-order valence-electron chi connectivity index (χ4n) is 3.46. The topological polar surface area (TPSA) is 61.6 Å². The molecule has 0 bridgehead atoms. The molecule has 0 aliphatic carbocycles. The number of rotatable bonds is 18. The van der Waals surface area contributed by atoms with Gasteiger partial charge in [0.25, 0.3) is 0 Å². The Balaban J connectivity index is 2.41. The van der Waals surface area contributed by atoms with Crippen LogP contribution < -0.4 is 0 Å². The third-order valence-corrected chi connectivity index (χ3v) is 10.7. The summed E-state index contributed by atoms with van der Waals surface area (Å²) in [6.07, 6.45) is 5.85. The molecule has 0 N–H and O–H groups in total. The van der Waals surface area contributed by atoms with Crippen LogP contribution in [0.25, 0.3) is 0 Å². The largest absolute Gasteiger partial charge is 0.500 e. The molecule has 0 aliphatic rings. The van der Waals surface area contributed by atoms with Crippen molar-refractivity contribution in [3.8, 4) is 0 Å². The number of nitrogens with zero attached hydrogens (tertiary/aromatic N) is 2. The quantitative estimate of drug-likeness (QED) is 0.156. The van der Waals surface area contributed by atoms with Crippen molar-refractivity contribution < 1.29 is 17.7 Å². The number of aliphatic imine (C=N–C) groups is 2. The van der Waals surface area contributed by atoms with Crippen LogP contribution in [0.1, 0.15) is 51.7 Å². The lowest BCUT2D eigenvalue weighted by Gasteiger charge is -2.28. The van der Waals surface area contributed by atoms with Gasteiger partial charge in [-0.15, -0.1) is 0 Å². The van der Waals surface area contributed by atoms with Crippen molar-refractivity contribution in [2.24, 2.45) is 9.98 Å². The highest BCUT2D eigenvalue weighted by Gasteiger charge is 2.39. The van der Waals surface area contributed by atoms with Gasteiger partial charge in [-0.1, -0.05) is 24.3 Å². The lowest BCUT2D eigenvalue weighted by atomic mass is 10.1. The Morgan fingerprint density at radius 1 is 0.656 bits per heavy atom. The van der Waals surface area contributed by atoms with E-state index in [1.54, 1.807) is 0 Å². The molecule has 0 saturated carbocycles. The summed E-state index contributed by atoms with van der Waals surface area (Å²) < 4.78 is 23.5. The summed E-state index contributed by atoms with van der Waals surface area (Å²) >= 11 is 0. The van der Waals surface area contributed by atoms with E-state index in [0.717, 1.165) is 55.8 Å². The minimum absolute atomic E-state index is 0.609. The van der Waals surface area contributed by atoms with Crippen LogP contribution in [0.15, 0.2) is 34.3 Å². The Morgan fingerprint density at radius 2 is 1.06 bits per heavy atom. The van der Waals surface area contributed by atoms with Crippen LogP contribution in [-0.2, 0) is 17.7 Å². The summed E-state index contributed by atoms with van der Waals surface area (Å²) in [4.78, 5) is 9.13. The second kappa shape index (κ2) is 16.4. The van der Waals surface area contributed by atoms with E-state index in [4.69, 9.17) is 17.7 Å². The zero-order valence-electron chi connectivity index (χ0n) is 21.1. The normalized spacial score (nSPS) is 12.9. The third-order valence-electron chi connectivity index (χ3n) is 4.88. The minimum atomic E-state index is -2.56. The van der Waals surface area contributed by atoms with E-state index in [9.17, 15) is 0 Å². The van der Waals surface area contributed by atoms with Gasteiger partial charge in [-0.2, -0.15) is 0 Å². The molecule has 0 amide bonds. The average molecular weight is 481 g/mol. The summed E-state index contributed by atoms with van der Waals surface area (Å²) in [7, 11) is -4.05. The molecule has 0 heterocycles. The lowest BCUT2D eigenvalue weighted by molar-refractivity contribution is 0.0710. The predicted octanol–water partition coefficient (Wildman–Crippen LogP) is 5.59. The van der Waals surface area contributed by atoms with Crippen molar-refractivity contribution in [3.63, 3.8) is 0 Å². The summed E-state index contributed by atoms with van der Waals surface area (Å²) in [6, 6.07) is 10.3. The molecule has 6 nitrogen and oxygen atoms in total. The van der Waals surface area contributed by atoms with Crippen molar-refractivity contribution in [1.29, 1.82) is 0 Å². The Labute approximate surface area is 198 Å². The van der Waals surface area contributed by atoms with Crippen molar-refractivity contribution in [2.75, 3.05) is 39.5 Å². The second-order valence-electron chi connectivity index (χ2n) is 8.12. The zero-order valence-corrected chi connectivity index (χ0v) is 23.1. The zero-order chi connectivity index (χ0) is 23.7. The SMILES string of the molecule is CCO[Si](C)(C)CCC/N=C/c1ccc(/C=N/CCC[Si](OCC)(OCC)OCC)cc1. The molecule has 182 valence electrons. The number of benzene rings is 1. The van der Waals surface area contributed by atoms with Crippen molar-refractivity contribution in [3.05, 3.63) is 35.4 Å². The molecule has 0 saturated heterocycles. The molecule has 1 aromatic carbocycles. The van der Waals surface area contributed by atoms with Crippen molar-refractivity contribution in [2.45, 2.75) is 65.7 Å². The van der Waals surface area contributed by atoms with Gasteiger partial charge in [-0.25, -0.2) is 0 Å². The second-order valence-corrected chi connectivity index (χ2v) is 15.2. The van der Waals surface area contributed by atoms with E-state index in [-0.39, 0.29) is 0 Å². The molecular weight excluding hydrogens is 436 g/mol. The summed E-state index contributed by atoms with van der Waals surface area (Å²) in [5, 5.41) is 0. The first-order chi connectivity index (χ1) is 15.4. The van der Waals surface area contributed by atoms with Gasteiger partial charge in [-0.05, 0) is 70.8 Å². The standard InChI is InChI=1S/C24H44N2O4Si2/c1-7-27-31(5,6)19-11-17-25-21-23-13-15-24(16-14-23)22-26-18-12-20-32(28-8-2,29-9-3)30-10-4/h13-16,21-22H,7-12,17-20H2,1-6H3/b25-21+,26-22+. The molecule has 1 aromatic rings. The van der Waals surface area contributed by atoms with Gasteiger partial charge < -0.3 is 17.7 Å². The molecule has 8 heteroatoms. The van der Waals surface area contributed by atoms with Crippen LogP contribution in [0.5, 0.6) is 0 Å². The smallest absolute Gasteiger partial charge is 0.418 e. The van der Waals surface area contributed by atoms with E-state index in [2.05, 4.69) is 54.3 Å². The number of hydrogen-bond acceptors (Lipinski definition) is 6. The van der Waals surface area contributed by atoms with Crippen LogP contribution >= 0.6 is 0 Å². The molecule has 0 atom stereocenters. The van der Waals surface area contributed by atoms with Gasteiger partial charge in [0.15, 0.2) is 8.32 Å². The molecule has 0 spiro atoms. The molecule has 0 fully saturated rings. The van der Waals surface area contributed by atoms with Crippen molar-refractivity contribution in [1.82, 2.24) is 0 Å². The van der Waals surface area contributed by atoms with Gasteiger partial charge in [0, 0.05) is 58.0 Å². The van der Waals surface area contributed by atoms with E-state index < -0.39 is 17.1 Å². The molecule has 0 radical (unpaired) electrons. The number of hydrogen-bond donors (Lipinski definition) is 0. The van der Waals surface area contributed by atoms with Crippen LogP contribution in [-0.4, -0.2) is 69.1 Å². The summed E-state index contributed by atoms with van der Waals surface area (Å²) in [6.45, 7) is 16.8. The molecule has 1 rings (SSSR count). The summed E-state index contributed by atoms with van der Waals surface area (Å²) in [5.41, 5.74) is 2.21. The van der Waals surface area contributed by atoms with Crippen molar-refractivity contribution >= 4 is 29.6 Å². The monoisotopic (exact) mass is 480 g/mol. The fraction of sp³-hybridized carbons (Fsp3) is 0.667. The first kappa shape index (κ1) is 28.9. The maximum Gasteiger partial charge on any atom is 0.500 e. The van der Waals surface area contributed by atoms with E-state index in [1.165, 1.54) is 0 Å². The van der Waals surface area contributed by atoms with Gasteiger partial charge in [0.2, 0.25) is 0 Å². The minimum Gasteiger partial charge on any atom is -0.418 e.